The number of piperidine rings is 1. The summed E-state index contributed by atoms with van der Waals surface area (Å²) in [4.78, 5) is 44.7. The second-order valence-corrected chi connectivity index (χ2v) is 12.0. The van der Waals surface area contributed by atoms with Crippen LogP contribution >= 0.6 is 11.3 Å². The first-order valence-corrected chi connectivity index (χ1v) is 14.1. The van der Waals surface area contributed by atoms with Crippen LogP contribution in [-0.2, 0) is 16.8 Å². The average molecular weight is 534 g/mol. The molecule has 2 amide bonds. The molecule has 1 N–H and O–H groups in total. The van der Waals surface area contributed by atoms with E-state index in [1.807, 2.05) is 66.6 Å². The molecule has 2 aliphatic rings. The van der Waals surface area contributed by atoms with Crippen molar-refractivity contribution in [1.82, 2.24) is 14.4 Å². The van der Waals surface area contributed by atoms with Crippen LogP contribution < -0.4 is 5.56 Å². The lowest BCUT2D eigenvalue weighted by Crippen LogP contribution is -2.51. The summed E-state index contributed by atoms with van der Waals surface area (Å²) in [7, 11) is 1.75. The van der Waals surface area contributed by atoms with Crippen LogP contribution in [0.15, 0.2) is 64.9 Å². The molecule has 1 aliphatic carbocycles. The van der Waals surface area contributed by atoms with Gasteiger partial charge in [-0.25, -0.2) is 0 Å². The molecule has 0 atom stereocenters. The molecule has 38 heavy (non-hydrogen) atoms. The molecular weight excluding hydrogens is 498 g/mol. The van der Waals surface area contributed by atoms with Crippen molar-refractivity contribution in [3.63, 3.8) is 0 Å². The van der Waals surface area contributed by atoms with E-state index in [-0.39, 0.29) is 35.4 Å². The zero-order valence-corrected chi connectivity index (χ0v) is 23.0. The molecule has 1 saturated carbocycles. The van der Waals surface area contributed by atoms with Gasteiger partial charge >= 0.3 is 0 Å². The first-order valence-electron chi connectivity index (χ1n) is 13.3. The van der Waals surface area contributed by atoms with Gasteiger partial charge in [-0.05, 0) is 56.5 Å². The van der Waals surface area contributed by atoms with Gasteiger partial charge in [0.15, 0.2) is 0 Å². The van der Waals surface area contributed by atoms with Crippen LogP contribution in [0.3, 0.4) is 0 Å². The molecule has 1 aromatic carbocycles. The van der Waals surface area contributed by atoms with Crippen molar-refractivity contribution in [2.75, 3.05) is 20.1 Å². The van der Waals surface area contributed by atoms with Crippen molar-refractivity contribution in [2.45, 2.75) is 63.1 Å². The molecule has 0 bridgehead atoms. The molecule has 2 fully saturated rings. The van der Waals surface area contributed by atoms with Crippen LogP contribution in [0.25, 0.3) is 11.1 Å². The summed E-state index contributed by atoms with van der Waals surface area (Å²) in [6.45, 7) is 4.85. The molecule has 3 heterocycles. The fourth-order valence-electron chi connectivity index (χ4n) is 5.29. The Morgan fingerprint density at radius 1 is 1.05 bits per heavy atom. The van der Waals surface area contributed by atoms with Crippen molar-refractivity contribution >= 4 is 23.2 Å². The highest BCUT2D eigenvalue weighted by atomic mass is 32.1. The Morgan fingerprint density at radius 2 is 1.74 bits per heavy atom. The lowest BCUT2D eigenvalue weighted by atomic mass is 9.89. The van der Waals surface area contributed by atoms with Crippen molar-refractivity contribution < 1.29 is 14.7 Å². The number of hydrogen-bond donors (Lipinski definition) is 1. The second kappa shape index (κ2) is 10.2. The molecule has 5 rings (SSSR count). The molecule has 2 aromatic heterocycles. The number of amides is 2. The van der Waals surface area contributed by atoms with Crippen molar-refractivity contribution in [1.29, 1.82) is 0 Å². The number of rotatable bonds is 7. The van der Waals surface area contributed by atoms with Crippen LogP contribution in [-0.4, -0.2) is 63.1 Å². The number of carbonyl (C=O) groups excluding carboxylic acids is 2. The largest absolute Gasteiger partial charge is 0.388 e. The highest BCUT2D eigenvalue weighted by molar-refractivity contribution is 7.10. The van der Waals surface area contributed by atoms with Crippen molar-refractivity contribution in [2.24, 2.45) is 0 Å². The molecule has 7 nitrogen and oxygen atoms in total. The quantitative estimate of drug-likeness (QED) is 0.495. The first kappa shape index (κ1) is 26.4. The van der Waals surface area contributed by atoms with Gasteiger partial charge < -0.3 is 19.5 Å². The Morgan fingerprint density at radius 3 is 2.32 bits per heavy atom. The van der Waals surface area contributed by atoms with Gasteiger partial charge in [0.2, 0.25) is 5.91 Å². The standard InChI is InChI=1S/C30H35N3O4S/c1-21(2)31(3)27(35)24-19-33(26(34)18-23(24)22-8-5-4-6-9-22)20-29(37)13-15-32(16-14-29)28(36)30(11-12-30)25-10-7-17-38-25/h4-10,17-19,21,37H,11-16,20H2,1-3H3. The summed E-state index contributed by atoms with van der Waals surface area (Å²) in [5.41, 5.74) is 0.0104. The van der Waals surface area contributed by atoms with E-state index in [2.05, 4.69) is 0 Å². The van der Waals surface area contributed by atoms with Crippen LogP contribution in [0.1, 0.15) is 54.8 Å². The van der Waals surface area contributed by atoms with Gasteiger partial charge in [0, 0.05) is 48.9 Å². The Kier molecular flexibility index (Phi) is 7.05. The fourth-order valence-corrected chi connectivity index (χ4v) is 6.27. The number of hydrogen-bond acceptors (Lipinski definition) is 5. The maximum Gasteiger partial charge on any atom is 0.255 e. The number of aliphatic hydroxyl groups is 1. The number of likely N-dealkylation sites (tertiary alicyclic amines) is 1. The monoisotopic (exact) mass is 533 g/mol. The summed E-state index contributed by atoms with van der Waals surface area (Å²) >= 11 is 1.63. The Balaban J connectivity index is 1.37. The smallest absolute Gasteiger partial charge is 0.255 e. The second-order valence-electron chi connectivity index (χ2n) is 11.0. The number of benzene rings is 1. The van der Waals surface area contributed by atoms with Crippen LogP contribution in [0.4, 0.5) is 0 Å². The molecule has 0 spiro atoms. The summed E-state index contributed by atoms with van der Waals surface area (Å²) in [6, 6.07) is 14.9. The van der Waals surface area contributed by atoms with Gasteiger partial charge in [-0.1, -0.05) is 36.4 Å². The van der Waals surface area contributed by atoms with Gasteiger partial charge in [0.25, 0.3) is 11.5 Å². The number of pyridine rings is 1. The van der Waals surface area contributed by atoms with Gasteiger partial charge in [0.05, 0.1) is 23.1 Å². The minimum atomic E-state index is -1.14. The van der Waals surface area contributed by atoms with Crippen molar-refractivity contribution in [3.05, 3.63) is 80.9 Å². The third kappa shape index (κ3) is 4.95. The Labute approximate surface area is 227 Å². The van der Waals surface area contributed by atoms with E-state index in [1.165, 1.54) is 10.6 Å². The first-order chi connectivity index (χ1) is 18.1. The van der Waals surface area contributed by atoms with E-state index in [1.54, 1.807) is 29.5 Å². The van der Waals surface area contributed by atoms with E-state index in [0.29, 0.717) is 37.1 Å². The van der Waals surface area contributed by atoms with Crippen LogP contribution in [0, 0.1) is 0 Å². The normalized spacial score (nSPS) is 17.9. The SMILES string of the molecule is CC(C)N(C)C(=O)c1cn(CC2(O)CCN(C(=O)C3(c4cccs4)CC3)CC2)c(=O)cc1-c1ccccc1. The summed E-state index contributed by atoms with van der Waals surface area (Å²) < 4.78 is 1.46. The molecule has 1 aliphatic heterocycles. The van der Waals surface area contributed by atoms with Gasteiger partial charge in [-0.2, -0.15) is 0 Å². The molecule has 1 saturated heterocycles. The minimum Gasteiger partial charge on any atom is -0.388 e. The summed E-state index contributed by atoms with van der Waals surface area (Å²) in [5.74, 6) is -0.0284. The highest BCUT2D eigenvalue weighted by Gasteiger charge is 2.54. The average Bonchev–Trinajstić information content (AvgIpc) is 3.54. The zero-order chi connectivity index (χ0) is 27.1. The lowest BCUT2D eigenvalue weighted by Gasteiger charge is -2.39. The Hall–Kier alpha value is -3.23. The van der Waals surface area contributed by atoms with Gasteiger partial charge in [0.1, 0.15) is 0 Å². The molecule has 8 heteroatoms. The zero-order valence-electron chi connectivity index (χ0n) is 22.2. The maximum absolute atomic E-state index is 13.4. The third-order valence-electron chi connectivity index (χ3n) is 8.13. The molecule has 3 aromatic rings. The summed E-state index contributed by atoms with van der Waals surface area (Å²) in [6.07, 6.45) is 4.09. The minimum absolute atomic E-state index is 0.0125. The third-order valence-corrected chi connectivity index (χ3v) is 9.21. The predicted octanol–water partition coefficient (Wildman–Crippen LogP) is 4.14. The topological polar surface area (TPSA) is 82.8 Å². The number of nitrogens with zero attached hydrogens (tertiary/aromatic N) is 3. The van der Waals surface area contributed by atoms with Crippen molar-refractivity contribution in [3.8, 4) is 11.1 Å². The van der Waals surface area contributed by atoms with E-state index in [0.717, 1.165) is 23.3 Å². The molecule has 0 unspecified atom stereocenters. The fraction of sp³-hybridized carbons (Fsp3) is 0.433. The van der Waals surface area contributed by atoms with E-state index in [9.17, 15) is 19.5 Å². The molecule has 0 radical (unpaired) electrons. The number of thiophene rings is 1. The molecule has 200 valence electrons. The van der Waals surface area contributed by atoms with E-state index < -0.39 is 5.60 Å². The van der Waals surface area contributed by atoms with E-state index >= 15 is 0 Å². The van der Waals surface area contributed by atoms with Gasteiger partial charge in [-0.3, -0.25) is 14.4 Å². The number of carbonyl (C=O) groups is 2. The predicted molar refractivity (Wildman–Crippen MR) is 149 cm³/mol. The lowest BCUT2D eigenvalue weighted by molar-refractivity contribution is -0.138. The van der Waals surface area contributed by atoms with Gasteiger partial charge in [-0.15, -0.1) is 11.3 Å². The van der Waals surface area contributed by atoms with Crippen LogP contribution in [0.2, 0.25) is 0 Å². The Bertz CT molecular complexity index is 1370. The van der Waals surface area contributed by atoms with Crippen LogP contribution in [0.5, 0.6) is 0 Å². The maximum atomic E-state index is 13.4. The molecular formula is C30H35N3O4S. The highest BCUT2D eigenvalue weighted by Crippen LogP contribution is 2.51. The summed E-state index contributed by atoms with van der Waals surface area (Å²) in [5, 5.41) is 13.5. The number of aromatic nitrogens is 1. The van der Waals surface area contributed by atoms with E-state index in [4.69, 9.17) is 0 Å².